The topological polar surface area (TPSA) is 69.8 Å². The van der Waals surface area contributed by atoms with Gasteiger partial charge >= 0.3 is 0 Å². The first kappa shape index (κ1) is 21.3. The highest BCUT2D eigenvalue weighted by molar-refractivity contribution is 7.99. The average Bonchev–Trinajstić information content (AvgIpc) is 3.18. The molecule has 1 aromatic carbocycles. The number of hydrogen-bond donors (Lipinski definition) is 3. The van der Waals surface area contributed by atoms with E-state index in [1.54, 1.807) is 11.8 Å². The van der Waals surface area contributed by atoms with E-state index in [0.29, 0.717) is 16.8 Å². The summed E-state index contributed by atoms with van der Waals surface area (Å²) in [6.45, 7) is 2.00. The van der Waals surface area contributed by atoms with Crippen LogP contribution < -0.4 is 16.2 Å². The Balaban J connectivity index is 0.00000225. The van der Waals surface area contributed by atoms with Crippen molar-refractivity contribution < 1.29 is 8.78 Å². The first-order valence-corrected chi connectivity index (χ1v) is 10.7. The van der Waals surface area contributed by atoms with Crippen molar-refractivity contribution in [2.45, 2.75) is 55.6 Å². The zero-order chi connectivity index (χ0) is 18.8. The van der Waals surface area contributed by atoms with Crippen LogP contribution in [0.1, 0.15) is 44.3 Å². The van der Waals surface area contributed by atoms with Gasteiger partial charge in [0.25, 0.3) is 5.56 Å². The number of hydrogen-bond acceptors (Lipinski definition) is 5. The zero-order valence-electron chi connectivity index (χ0n) is 15.5. The van der Waals surface area contributed by atoms with Crippen LogP contribution in [-0.4, -0.2) is 34.3 Å². The minimum atomic E-state index is -1.13. The molecule has 0 unspecified atom stereocenters. The molecule has 2 aliphatic rings. The highest BCUT2D eigenvalue weighted by Crippen LogP contribution is 2.29. The molecule has 1 aromatic heterocycles. The molecular formula is C19H25ClF2N4OS. The van der Waals surface area contributed by atoms with E-state index in [4.69, 9.17) is 0 Å². The van der Waals surface area contributed by atoms with E-state index < -0.39 is 17.2 Å². The van der Waals surface area contributed by atoms with Gasteiger partial charge in [-0.05, 0) is 44.8 Å². The Hall–Kier alpha value is -1.38. The van der Waals surface area contributed by atoms with Gasteiger partial charge < -0.3 is 15.6 Å². The number of halogens is 3. The lowest BCUT2D eigenvalue weighted by molar-refractivity contribution is 0.516. The number of aromatic amines is 1. The second-order valence-corrected chi connectivity index (χ2v) is 8.63. The van der Waals surface area contributed by atoms with E-state index >= 15 is 0 Å². The summed E-state index contributed by atoms with van der Waals surface area (Å²) in [6, 6.07) is 1.62. The molecule has 154 valence electrons. The van der Waals surface area contributed by atoms with Crippen molar-refractivity contribution in [1.82, 2.24) is 15.3 Å². The standard InChI is InChI=1S/C19H24F2N4OS.ClH/c20-17-14(23-11-3-1-2-4-11)9-13-16(18(17)21)19(26)25-15(24-13)10-27-12-5-7-22-8-6-12;/h9,11-12,22-23H,1-8,10H2,(H,24,25,26);1H. The van der Waals surface area contributed by atoms with E-state index in [0.717, 1.165) is 51.6 Å². The first-order chi connectivity index (χ1) is 13.1. The van der Waals surface area contributed by atoms with E-state index in [-0.39, 0.29) is 35.0 Å². The van der Waals surface area contributed by atoms with Gasteiger partial charge in [0.05, 0.1) is 17.0 Å². The highest BCUT2D eigenvalue weighted by Gasteiger charge is 2.22. The van der Waals surface area contributed by atoms with Gasteiger partial charge in [-0.25, -0.2) is 13.8 Å². The number of piperidine rings is 1. The molecule has 4 rings (SSSR count). The zero-order valence-corrected chi connectivity index (χ0v) is 17.2. The van der Waals surface area contributed by atoms with Crippen molar-refractivity contribution in [1.29, 1.82) is 0 Å². The van der Waals surface area contributed by atoms with E-state index in [1.165, 1.54) is 6.07 Å². The Labute approximate surface area is 172 Å². The van der Waals surface area contributed by atoms with Crippen molar-refractivity contribution >= 4 is 40.8 Å². The van der Waals surface area contributed by atoms with Crippen LogP contribution in [0.15, 0.2) is 10.9 Å². The number of benzene rings is 1. The fraction of sp³-hybridized carbons (Fsp3) is 0.579. The molecule has 3 N–H and O–H groups in total. The van der Waals surface area contributed by atoms with E-state index in [2.05, 4.69) is 20.6 Å². The van der Waals surface area contributed by atoms with Crippen LogP contribution in [0.5, 0.6) is 0 Å². The Kier molecular flexibility index (Phi) is 7.17. The molecule has 9 heteroatoms. The molecule has 1 aliphatic carbocycles. The number of nitrogens with zero attached hydrogens (tertiary/aromatic N) is 1. The SMILES string of the molecule is Cl.O=c1[nH]c(CSC2CCNCC2)nc2cc(NC3CCCC3)c(F)c(F)c12. The highest BCUT2D eigenvalue weighted by atomic mass is 35.5. The Morgan fingerprint density at radius 3 is 2.57 bits per heavy atom. The minimum Gasteiger partial charge on any atom is -0.380 e. The number of H-pyrrole nitrogens is 1. The lowest BCUT2D eigenvalue weighted by Crippen LogP contribution is -2.29. The van der Waals surface area contributed by atoms with Gasteiger partial charge in [-0.2, -0.15) is 11.8 Å². The lowest BCUT2D eigenvalue weighted by Gasteiger charge is -2.21. The Morgan fingerprint density at radius 2 is 1.86 bits per heavy atom. The fourth-order valence-electron chi connectivity index (χ4n) is 3.91. The normalized spacial score (nSPS) is 18.4. The predicted molar refractivity (Wildman–Crippen MR) is 113 cm³/mol. The molecule has 28 heavy (non-hydrogen) atoms. The number of nitrogens with one attached hydrogen (secondary N) is 3. The van der Waals surface area contributed by atoms with Crippen molar-refractivity contribution in [2.75, 3.05) is 18.4 Å². The average molecular weight is 431 g/mol. The minimum absolute atomic E-state index is 0. The van der Waals surface area contributed by atoms with Crippen LogP contribution >= 0.6 is 24.2 Å². The lowest BCUT2D eigenvalue weighted by atomic mass is 10.1. The molecular weight excluding hydrogens is 406 g/mol. The number of rotatable bonds is 5. The summed E-state index contributed by atoms with van der Waals surface area (Å²) >= 11 is 1.75. The van der Waals surface area contributed by atoms with Crippen molar-refractivity contribution in [2.24, 2.45) is 0 Å². The quantitative estimate of drug-likeness (QED) is 0.669. The molecule has 2 aromatic rings. The van der Waals surface area contributed by atoms with Crippen LogP contribution in [0.2, 0.25) is 0 Å². The number of aromatic nitrogens is 2. The van der Waals surface area contributed by atoms with Gasteiger partial charge in [0.2, 0.25) is 0 Å². The largest absolute Gasteiger partial charge is 0.380 e. The maximum atomic E-state index is 14.5. The van der Waals surface area contributed by atoms with Gasteiger partial charge in [0.1, 0.15) is 11.2 Å². The van der Waals surface area contributed by atoms with Gasteiger partial charge in [-0.3, -0.25) is 4.79 Å². The molecule has 2 fully saturated rings. The third kappa shape index (κ3) is 4.60. The summed E-state index contributed by atoms with van der Waals surface area (Å²) in [6.07, 6.45) is 6.23. The number of thioether (sulfide) groups is 1. The summed E-state index contributed by atoms with van der Waals surface area (Å²) in [4.78, 5) is 19.4. The summed E-state index contributed by atoms with van der Waals surface area (Å²) < 4.78 is 28.9. The van der Waals surface area contributed by atoms with Crippen LogP contribution in [-0.2, 0) is 5.75 Å². The maximum Gasteiger partial charge on any atom is 0.261 e. The third-order valence-electron chi connectivity index (χ3n) is 5.38. The van der Waals surface area contributed by atoms with Crippen molar-refractivity contribution in [3.05, 3.63) is 33.9 Å². The second kappa shape index (κ2) is 9.41. The molecule has 5 nitrogen and oxygen atoms in total. The van der Waals surface area contributed by atoms with Crippen molar-refractivity contribution in [3.8, 4) is 0 Å². The summed E-state index contributed by atoms with van der Waals surface area (Å²) in [7, 11) is 0. The van der Waals surface area contributed by atoms with Crippen LogP contribution in [0.25, 0.3) is 10.9 Å². The summed E-state index contributed by atoms with van der Waals surface area (Å²) in [5.74, 6) is -1.06. The predicted octanol–water partition coefficient (Wildman–Crippen LogP) is 3.96. The number of fused-ring (bicyclic) bond motifs is 1. The molecule has 1 saturated carbocycles. The van der Waals surface area contributed by atoms with Gasteiger partial charge in [0.15, 0.2) is 11.6 Å². The monoisotopic (exact) mass is 430 g/mol. The first-order valence-electron chi connectivity index (χ1n) is 9.61. The number of anilines is 1. The molecule has 1 aliphatic heterocycles. The second-order valence-electron chi connectivity index (χ2n) is 7.34. The van der Waals surface area contributed by atoms with Gasteiger partial charge in [0, 0.05) is 11.3 Å². The Morgan fingerprint density at radius 1 is 1.14 bits per heavy atom. The van der Waals surface area contributed by atoms with Crippen LogP contribution in [0.3, 0.4) is 0 Å². The Bertz CT molecular complexity index is 882. The summed E-state index contributed by atoms with van der Waals surface area (Å²) in [5.41, 5.74) is -0.314. The van der Waals surface area contributed by atoms with Crippen LogP contribution in [0, 0.1) is 11.6 Å². The maximum absolute atomic E-state index is 14.5. The molecule has 0 atom stereocenters. The van der Waals surface area contributed by atoms with Crippen molar-refractivity contribution in [3.63, 3.8) is 0 Å². The smallest absolute Gasteiger partial charge is 0.261 e. The van der Waals surface area contributed by atoms with Gasteiger partial charge in [-0.15, -0.1) is 12.4 Å². The molecule has 0 bridgehead atoms. The van der Waals surface area contributed by atoms with E-state index in [1.807, 2.05) is 0 Å². The molecule has 0 spiro atoms. The molecule has 0 amide bonds. The molecule has 1 saturated heterocycles. The van der Waals surface area contributed by atoms with E-state index in [9.17, 15) is 13.6 Å². The molecule has 2 heterocycles. The fourth-order valence-corrected chi connectivity index (χ4v) is 5.01. The molecule has 0 radical (unpaired) electrons. The van der Waals surface area contributed by atoms with Gasteiger partial charge in [-0.1, -0.05) is 12.8 Å². The summed E-state index contributed by atoms with van der Waals surface area (Å²) in [5, 5.41) is 6.63. The van der Waals surface area contributed by atoms with Crippen LogP contribution in [0.4, 0.5) is 14.5 Å². The third-order valence-corrected chi connectivity index (χ3v) is 6.77.